The van der Waals surface area contributed by atoms with Gasteiger partial charge in [0.2, 0.25) is 10.0 Å². The molecule has 0 aliphatic rings. The van der Waals surface area contributed by atoms with Crippen LogP contribution in [0.2, 0.25) is 0 Å². The van der Waals surface area contributed by atoms with Crippen LogP contribution in [0.4, 0.5) is 0 Å². The molecule has 2 amide bonds. The summed E-state index contributed by atoms with van der Waals surface area (Å²) in [5, 5.41) is 2.60. The van der Waals surface area contributed by atoms with Crippen LogP contribution in [-0.4, -0.2) is 25.2 Å². The van der Waals surface area contributed by atoms with Gasteiger partial charge in [-0.15, -0.1) is 11.3 Å². The maximum atomic E-state index is 12.4. The van der Waals surface area contributed by atoms with Crippen LogP contribution in [0.25, 0.3) is 10.9 Å². The second kappa shape index (κ2) is 8.72. The Morgan fingerprint density at radius 3 is 2.39 bits per heavy atom. The molecule has 31 heavy (non-hydrogen) atoms. The first-order valence-corrected chi connectivity index (χ1v) is 11.6. The molecule has 0 atom stereocenters. The molecule has 4 aromatic rings. The molecule has 0 aliphatic carbocycles. The highest BCUT2D eigenvalue weighted by Gasteiger charge is 2.16. The molecule has 4 rings (SSSR count). The number of para-hydroxylation sites is 1. The van der Waals surface area contributed by atoms with Gasteiger partial charge in [0.05, 0.1) is 10.5 Å². The molecule has 2 aromatic heterocycles. The van der Waals surface area contributed by atoms with Crippen LogP contribution in [-0.2, 0) is 16.6 Å². The normalized spacial score (nSPS) is 11.4. The first kappa shape index (κ1) is 20.8. The maximum absolute atomic E-state index is 12.4. The molecule has 0 aliphatic heterocycles. The summed E-state index contributed by atoms with van der Waals surface area (Å²) in [5.41, 5.74) is 6.12. The average Bonchev–Trinajstić information content (AvgIpc) is 3.46. The van der Waals surface area contributed by atoms with Crippen molar-refractivity contribution < 1.29 is 18.0 Å². The smallest absolute Gasteiger partial charge is 0.271 e. The Morgan fingerprint density at radius 1 is 0.903 bits per heavy atom. The predicted molar refractivity (Wildman–Crippen MR) is 118 cm³/mol. The van der Waals surface area contributed by atoms with E-state index < -0.39 is 21.8 Å². The second-order valence-electron chi connectivity index (χ2n) is 6.58. The third-order valence-corrected chi connectivity index (χ3v) is 6.86. The van der Waals surface area contributed by atoms with E-state index in [9.17, 15) is 18.0 Å². The largest absolute Gasteiger partial charge is 0.360 e. The van der Waals surface area contributed by atoms with Gasteiger partial charge in [-0.25, -0.2) is 13.1 Å². The number of aromatic nitrogens is 1. The molecular formula is C21H18N4O4S2. The molecule has 0 fully saturated rings. The van der Waals surface area contributed by atoms with Crippen molar-refractivity contribution in [1.82, 2.24) is 20.6 Å². The van der Waals surface area contributed by atoms with E-state index in [1.165, 1.54) is 35.6 Å². The van der Waals surface area contributed by atoms with Crippen LogP contribution in [0.15, 0.2) is 77.1 Å². The number of hydrogen-bond donors (Lipinski definition) is 4. The highest BCUT2D eigenvalue weighted by atomic mass is 32.2. The van der Waals surface area contributed by atoms with Crippen LogP contribution in [0.3, 0.4) is 0 Å². The van der Waals surface area contributed by atoms with E-state index in [1.54, 1.807) is 12.3 Å². The van der Waals surface area contributed by atoms with Gasteiger partial charge in [-0.3, -0.25) is 20.4 Å². The zero-order chi connectivity index (χ0) is 21.8. The number of sulfonamides is 1. The number of amides is 2. The first-order valence-electron chi connectivity index (χ1n) is 9.23. The second-order valence-corrected chi connectivity index (χ2v) is 9.38. The lowest BCUT2D eigenvalue weighted by molar-refractivity contribution is 0.0847. The standard InChI is InChI=1S/C21H18N4O4S2/c26-20(24-25-21(27)18-13-22-19-6-2-1-5-17(18)19)14-7-9-16(10-8-14)31(28,29)23-12-15-4-3-11-30-15/h1-11,13,22-23H,12H2,(H,24,26)(H,25,27). The minimum Gasteiger partial charge on any atom is -0.360 e. The lowest BCUT2D eigenvalue weighted by Crippen LogP contribution is -2.41. The zero-order valence-electron chi connectivity index (χ0n) is 16.1. The van der Waals surface area contributed by atoms with Crippen molar-refractivity contribution in [3.8, 4) is 0 Å². The Bertz CT molecular complexity index is 1330. The number of hydrogen-bond acceptors (Lipinski definition) is 5. The maximum Gasteiger partial charge on any atom is 0.271 e. The molecule has 2 aromatic carbocycles. The third-order valence-electron chi connectivity index (χ3n) is 4.57. The van der Waals surface area contributed by atoms with Gasteiger partial charge in [0.15, 0.2) is 0 Å². The molecule has 0 radical (unpaired) electrons. The molecule has 8 nitrogen and oxygen atoms in total. The van der Waals surface area contributed by atoms with Gasteiger partial charge in [-0.05, 0) is 41.8 Å². The van der Waals surface area contributed by atoms with Crippen LogP contribution >= 0.6 is 11.3 Å². The minimum absolute atomic E-state index is 0.0448. The lowest BCUT2D eigenvalue weighted by Gasteiger charge is -2.09. The summed E-state index contributed by atoms with van der Waals surface area (Å²) in [4.78, 5) is 28.6. The van der Waals surface area contributed by atoms with Gasteiger partial charge in [-0.2, -0.15) is 0 Å². The van der Waals surface area contributed by atoms with E-state index in [0.29, 0.717) is 5.56 Å². The molecule has 2 heterocycles. The fourth-order valence-corrected chi connectivity index (χ4v) is 4.70. The van der Waals surface area contributed by atoms with Crippen molar-refractivity contribution in [1.29, 1.82) is 0 Å². The Balaban J connectivity index is 1.37. The fraction of sp³-hybridized carbons (Fsp3) is 0.0476. The Hall–Kier alpha value is -3.47. The number of rotatable bonds is 6. The summed E-state index contributed by atoms with van der Waals surface area (Å²) in [6.45, 7) is 0.197. The Kier molecular flexibility index (Phi) is 5.85. The molecule has 4 N–H and O–H groups in total. The van der Waals surface area contributed by atoms with Gasteiger partial charge in [-0.1, -0.05) is 24.3 Å². The van der Waals surface area contributed by atoms with E-state index in [1.807, 2.05) is 35.7 Å². The van der Waals surface area contributed by atoms with Gasteiger partial charge in [0.25, 0.3) is 11.8 Å². The summed E-state index contributed by atoms with van der Waals surface area (Å²) in [5.74, 6) is -1.04. The highest BCUT2D eigenvalue weighted by molar-refractivity contribution is 7.89. The Morgan fingerprint density at radius 2 is 1.65 bits per heavy atom. The van der Waals surface area contributed by atoms with Crippen molar-refractivity contribution in [3.63, 3.8) is 0 Å². The number of carbonyl (C=O) groups is 2. The van der Waals surface area contributed by atoms with Crippen LogP contribution < -0.4 is 15.6 Å². The van der Waals surface area contributed by atoms with Crippen LogP contribution in [0.1, 0.15) is 25.6 Å². The van der Waals surface area contributed by atoms with E-state index in [2.05, 4.69) is 20.6 Å². The average molecular weight is 455 g/mol. The molecule has 0 spiro atoms. The van der Waals surface area contributed by atoms with Gasteiger partial charge in [0, 0.05) is 34.1 Å². The molecule has 158 valence electrons. The summed E-state index contributed by atoms with van der Waals surface area (Å²) in [6, 6.07) is 16.4. The number of aromatic amines is 1. The van der Waals surface area contributed by atoms with Crippen molar-refractivity contribution in [2.24, 2.45) is 0 Å². The molecule has 0 saturated carbocycles. The SMILES string of the molecule is O=C(NNC(=O)c1c[nH]c2ccccc12)c1ccc(S(=O)(=O)NCc2cccs2)cc1. The monoisotopic (exact) mass is 454 g/mol. The number of H-pyrrole nitrogens is 1. The molecule has 0 bridgehead atoms. The zero-order valence-corrected chi connectivity index (χ0v) is 17.7. The number of carbonyl (C=O) groups excluding carboxylic acids is 2. The predicted octanol–water partition coefficient (Wildman–Crippen LogP) is 2.78. The highest BCUT2D eigenvalue weighted by Crippen LogP contribution is 2.17. The van der Waals surface area contributed by atoms with Gasteiger partial charge in [0.1, 0.15) is 0 Å². The number of fused-ring (bicyclic) bond motifs is 1. The number of hydrazine groups is 1. The van der Waals surface area contributed by atoms with Crippen molar-refractivity contribution in [2.75, 3.05) is 0 Å². The summed E-state index contributed by atoms with van der Waals surface area (Å²) in [6.07, 6.45) is 1.56. The van der Waals surface area contributed by atoms with Gasteiger partial charge < -0.3 is 4.98 Å². The minimum atomic E-state index is -3.70. The summed E-state index contributed by atoms with van der Waals surface area (Å²) < 4.78 is 27.3. The molecule has 10 heteroatoms. The Labute approximate surface area is 182 Å². The topological polar surface area (TPSA) is 120 Å². The number of nitrogens with one attached hydrogen (secondary N) is 4. The van der Waals surface area contributed by atoms with Crippen LogP contribution in [0, 0.1) is 0 Å². The van der Waals surface area contributed by atoms with Crippen molar-refractivity contribution in [2.45, 2.75) is 11.4 Å². The van der Waals surface area contributed by atoms with E-state index in [4.69, 9.17) is 0 Å². The summed E-state index contributed by atoms with van der Waals surface area (Å²) in [7, 11) is -3.70. The van der Waals surface area contributed by atoms with Crippen molar-refractivity contribution in [3.05, 3.63) is 88.2 Å². The molecular weight excluding hydrogens is 436 g/mol. The molecule has 0 saturated heterocycles. The number of thiophene rings is 1. The van der Waals surface area contributed by atoms with Crippen LogP contribution in [0.5, 0.6) is 0 Å². The fourth-order valence-electron chi connectivity index (χ4n) is 2.96. The summed E-state index contributed by atoms with van der Waals surface area (Å²) >= 11 is 1.46. The number of benzene rings is 2. The van der Waals surface area contributed by atoms with E-state index in [0.717, 1.165) is 15.8 Å². The van der Waals surface area contributed by atoms with E-state index in [-0.39, 0.29) is 17.0 Å². The lowest BCUT2D eigenvalue weighted by atomic mass is 10.2. The van der Waals surface area contributed by atoms with Gasteiger partial charge >= 0.3 is 0 Å². The quantitative estimate of drug-likeness (QED) is 0.335. The third kappa shape index (κ3) is 4.66. The van der Waals surface area contributed by atoms with E-state index >= 15 is 0 Å². The van der Waals surface area contributed by atoms with Crippen molar-refractivity contribution >= 4 is 44.1 Å². The first-order chi connectivity index (χ1) is 14.9. The molecule has 0 unspecified atom stereocenters.